The van der Waals surface area contributed by atoms with E-state index in [-0.39, 0.29) is 4.90 Å². The maximum atomic E-state index is 13.6. The molecule has 0 amide bonds. The van der Waals surface area contributed by atoms with E-state index in [1.807, 2.05) is 27.7 Å². The summed E-state index contributed by atoms with van der Waals surface area (Å²) >= 11 is 0. The number of halogens is 2. The Labute approximate surface area is 140 Å². The predicted molar refractivity (Wildman–Crippen MR) is 93.5 cm³/mol. The van der Waals surface area contributed by atoms with Crippen molar-refractivity contribution >= 4 is 10.0 Å². The number of hydrogen-bond acceptors (Lipinski definition) is 2. The van der Waals surface area contributed by atoms with Crippen LogP contribution in [0.3, 0.4) is 0 Å². The molecule has 0 fully saturated rings. The van der Waals surface area contributed by atoms with Crippen LogP contribution in [0.4, 0.5) is 8.78 Å². The highest BCUT2D eigenvalue weighted by atomic mass is 32.2. The second-order valence-electron chi connectivity index (χ2n) is 5.74. The van der Waals surface area contributed by atoms with Gasteiger partial charge in [0.25, 0.3) is 5.92 Å². The Hall–Kier alpha value is -1.01. The van der Waals surface area contributed by atoms with E-state index in [2.05, 4.69) is 4.72 Å². The van der Waals surface area contributed by atoms with Gasteiger partial charge in [-0.05, 0) is 39.8 Å². The summed E-state index contributed by atoms with van der Waals surface area (Å²) in [5, 5.41) is 0. The molecule has 0 spiro atoms. The first-order valence-electron chi connectivity index (χ1n) is 7.86. The molecule has 0 bridgehead atoms. The Morgan fingerprint density at radius 3 is 1.74 bits per heavy atom. The van der Waals surface area contributed by atoms with E-state index in [0.29, 0.717) is 12.5 Å². The predicted octanol–water partition coefficient (Wildman–Crippen LogP) is 5.24. The van der Waals surface area contributed by atoms with E-state index >= 15 is 0 Å². The zero-order valence-electron chi connectivity index (χ0n) is 15.7. The number of benzene rings is 1. The molecule has 0 heterocycles. The molecule has 0 aliphatic carbocycles. The van der Waals surface area contributed by atoms with Gasteiger partial charge in [0.05, 0.1) is 4.90 Å². The van der Waals surface area contributed by atoms with Crippen molar-refractivity contribution in [1.29, 1.82) is 0 Å². The summed E-state index contributed by atoms with van der Waals surface area (Å²) < 4.78 is 53.9. The molecule has 0 radical (unpaired) electrons. The highest BCUT2D eigenvalue weighted by Gasteiger charge is 2.33. The molecule has 0 saturated carbocycles. The van der Waals surface area contributed by atoms with Crippen LogP contribution in [-0.4, -0.2) is 14.0 Å². The Kier molecular flexibility index (Phi) is 9.83. The van der Waals surface area contributed by atoms with E-state index in [1.54, 1.807) is 27.7 Å². The molecular formula is C17H31F2NO2S. The quantitative estimate of drug-likeness (QED) is 0.810. The lowest BCUT2D eigenvalue weighted by atomic mass is 10.1. The molecule has 0 saturated heterocycles. The molecule has 1 aromatic rings. The molecule has 1 rings (SSSR count). The zero-order valence-corrected chi connectivity index (χ0v) is 16.5. The topological polar surface area (TPSA) is 46.2 Å². The number of alkyl halides is 2. The SMILES string of the molecule is CC.CC.Cc1ccc(S(=O)(=O)NC(C)(C)C)c(C(C)(F)F)c1. The minimum Gasteiger partial charge on any atom is -0.207 e. The second-order valence-corrected chi connectivity index (χ2v) is 7.39. The first kappa shape index (κ1) is 24.2. The van der Waals surface area contributed by atoms with Crippen LogP contribution in [0.1, 0.15) is 66.5 Å². The lowest BCUT2D eigenvalue weighted by Gasteiger charge is -2.23. The van der Waals surface area contributed by atoms with Crippen LogP contribution < -0.4 is 4.72 Å². The van der Waals surface area contributed by atoms with Crippen molar-refractivity contribution in [2.75, 3.05) is 0 Å². The standard InChI is InChI=1S/C13H19F2NO2S.2C2H6/c1-9-6-7-11(10(8-9)13(5,14)15)19(17,18)16-12(2,3)4;2*1-2/h6-8,16H,1-5H3;2*1-2H3. The summed E-state index contributed by atoms with van der Waals surface area (Å²) in [6, 6.07) is 3.93. The normalized spacial score (nSPS) is 11.8. The van der Waals surface area contributed by atoms with Crippen LogP contribution in [0.2, 0.25) is 0 Å². The fraction of sp³-hybridized carbons (Fsp3) is 0.647. The minimum atomic E-state index is -3.98. The van der Waals surface area contributed by atoms with Gasteiger partial charge in [-0.15, -0.1) is 0 Å². The van der Waals surface area contributed by atoms with Crippen LogP contribution in [0.5, 0.6) is 0 Å². The summed E-state index contributed by atoms with van der Waals surface area (Å²) in [5.74, 6) is -3.21. The third kappa shape index (κ3) is 8.42. The summed E-state index contributed by atoms with van der Waals surface area (Å²) in [4.78, 5) is -0.375. The first-order chi connectivity index (χ1) is 10.3. The molecule has 3 nitrogen and oxygen atoms in total. The minimum absolute atomic E-state index is 0.375. The lowest BCUT2D eigenvalue weighted by molar-refractivity contribution is 0.0143. The molecule has 0 aliphatic rings. The van der Waals surface area contributed by atoms with Gasteiger partial charge in [0.15, 0.2) is 0 Å². The Morgan fingerprint density at radius 1 is 0.957 bits per heavy atom. The van der Waals surface area contributed by atoms with E-state index in [4.69, 9.17) is 0 Å². The van der Waals surface area contributed by atoms with Crippen molar-refractivity contribution in [3.8, 4) is 0 Å². The van der Waals surface area contributed by atoms with E-state index in [0.717, 1.165) is 0 Å². The monoisotopic (exact) mass is 351 g/mol. The fourth-order valence-corrected chi connectivity index (χ4v) is 3.37. The average Bonchev–Trinajstić information content (AvgIpc) is 2.39. The van der Waals surface area contributed by atoms with Crippen molar-refractivity contribution in [2.45, 2.75) is 78.7 Å². The molecule has 0 aliphatic heterocycles. The van der Waals surface area contributed by atoms with Crippen molar-refractivity contribution in [3.05, 3.63) is 29.3 Å². The van der Waals surface area contributed by atoms with Gasteiger partial charge < -0.3 is 0 Å². The maximum Gasteiger partial charge on any atom is 0.271 e. The van der Waals surface area contributed by atoms with E-state index in [1.165, 1.54) is 18.2 Å². The summed E-state index contributed by atoms with van der Waals surface area (Å²) in [7, 11) is -3.98. The molecule has 23 heavy (non-hydrogen) atoms. The van der Waals surface area contributed by atoms with Crippen LogP contribution in [0, 0.1) is 6.92 Å². The summed E-state index contributed by atoms with van der Waals surface area (Å²) in [5.41, 5.74) is -0.625. The molecule has 136 valence electrons. The van der Waals surface area contributed by atoms with Gasteiger partial charge in [-0.25, -0.2) is 21.9 Å². The van der Waals surface area contributed by atoms with Crippen LogP contribution in [-0.2, 0) is 15.9 Å². The molecular weight excluding hydrogens is 320 g/mol. The van der Waals surface area contributed by atoms with Gasteiger partial charge in [0, 0.05) is 18.0 Å². The van der Waals surface area contributed by atoms with Gasteiger partial charge in [0.2, 0.25) is 10.0 Å². The van der Waals surface area contributed by atoms with Crippen molar-refractivity contribution in [3.63, 3.8) is 0 Å². The van der Waals surface area contributed by atoms with Gasteiger partial charge >= 0.3 is 0 Å². The Morgan fingerprint density at radius 2 is 1.39 bits per heavy atom. The third-order valence-electron chi connectivity index (χ3n) is 2.34. The second kappa shape index (κ2) is 9.33. The largest absolute Gasteiger partial charge is 0.271 e. The lowest BCUT2D eigenvalue weighted by Crippen LogP contribution is -2.41. The van der Waals surface area contributed by atoms with Gasteiger partial charge in [-0.3, -0.25) is 0 Å². The summed E-state index contributed by atoms with van der Waals surface area (Å²) in [6.45, 7) is 15.3. The summed E-state index contributed by atoms with van der Waals surface area (Å²) in [6.07, 6.45) is 0. The molecule has 1 N–H and O–H groups in total. The van der Waals surface area contributed by atoms with Gasteiger partial charge in [-0.2, -0.15) is 0 Å². The number of aryl methyl sites for hydroxylation is 1. The van der Waals surface area contributed by atoms with E-state index < -0.39 is 27.0 Å². The van der Waals surface area contributed by atoms with Crippen LogP contribution in [0.15, 0.2) is 23.1 Å². The maximum absolute atomic E-state index is 13.6. The zero-order chi connectivity index (χ0) is 19.1. The highest BCUT2D eigenvalue weighted by molar-refractivity contribution is 7.89. The first-order valence-corrected chi connectivity index (χ1v) is 9.34. The van der Waals surface area contributed by atoms with Crippen molar-refractivity contribution < 1.29 is 17.2 Å². The molecule has 0 unspecified atom stereocenters. The van der Waals surface area contributed by atoms with Crippen LogP contribution >= 0.6 is 0 Å². The van der Waals surface area contributed by atoms with Gasteiger partial charge in [0.1, 0.15) is 0 Å². The van der Waals surface area contributed by atoms with Crippen LogP contribution in [0.25, 0.3) is 0 Å². The van der Waals surface area contributed by atoms with Crippen molar-refractivity contribution in [1.82, 2.24) is 4.72 Å². The van der Waals surface area contributed by atoms with E-state index in [9.17, 15) is 17.2 Å². The van der Waals surface area contributed by atoms with Gasteiger partial charge in [-0.1, -0.05) is 39.3 Å². The van der Waals surface area contributed by atoms with Crippen molar-refractivity contribution in [2.24, 2.45) is 0 Å². The number of hydrogen-bond donors (Lipinski definition) is 1. The number of nitrogens with one attached hydrogen (secondary N) is 1. The Bertz CT molecular complexity index is 571. The molecule has 1 aromatic carbocycles. The smallest absolute Gasteiger partial charge is 0.207 e. The highest BCUT2D eigenvalue weighted by Crippen LogP contribution is 2.33. The number of sulfonamides is 1. The fourth-order valence-electron chi connectivity index (χ4n) is 1.68. The average molecular weight is 352 g/mol. The molecule has 0 aromatic heterocycles. The third-order valence-corrected chi connectivity index (χ3v) is 4.15. The molecule has 6 heteroatoms. The molecule has 0 atom stereocenters. The number of rotatable bonds is 3. The Balaban J connectivity index is 0.